The van der Waals surface area contributed by atoms with E-state index in [2.05, 4.69) is 5.32 Å². The van der Waals surface area contributed by atoms with Gasteiger partial charge in [-0.1, -0.05) is 25.1 Å². The zero-order valence-electron chi connectivity index (χ0n) is 10.6. The van der Waals surface area contributed by atoms with Crippen LogP contribution in [0.25, 0.3) is 0 Å². The summed E-state index contributed by atoms with van der Waals surface area (Å²) < 4.78 is 0. The van der Waals surface area contributed by atoms with Gasteiger partial charge in [-0.2, -0.15) is 0 Å². The lowest BCUT2D eigenvalue weighted by Crippen LogP contribution is -2.40. The van der Waals surface area contributed by atoms with E-state index in [0.717, 1.165) is 11.3 Å². The third-order valence-corrected chi connectivity index (χ3v) is 4.39. The summed E-state index contributed by atoms with van der Waals surface area (Å²) in [5.74, 6) is 0.667. The van der Waals surface area contributed by atoms with Gasteiger partial charge in [-0.15, -0.1) is 11.8 Å². The molecule has 2 atom stereocenters. The van der Waals surface area contributed by atoms with Crippen molar-refractivity contribution in [2.45, 2.75) is 37.1 Å². The van der Waals surface area contributed by atoms with E-state index in [9.17, 15) is 9.59 Å². The number of nitrogens with one attached hydrogen (secondary N) is 1. The first-order valence-electron chi connectivity index (χ1n) is 6.18. The molecule has 0 radical (unpaired) electrons. The molecule has 1 aliphatic rings. The first kappa shape index (κ1) is 13.1. The highest BCUT2D eigenvalue weighted by Crippen LogP contribution is 2.39. The minimum absolute atomic E-state index is 0.0400. The normalized spacial score (nSPS) is 19.1. The quantitative estimate of drug-likeness (QED) is 0.907. The van der Waals surface area contributed by atoms with Crippen molar-refractivity contribution in [1.82, 2.24) is 5.32 Å². The van der Waals surface area contributed by atoms with E-state index in [1.54, 1.807) is 18.7 Å². The lowest BCUT2D eigenvalue weighted by Gasteiger charge is -2.16. The average molecular weight is 263 g/mol. The van der Waals surface area contributed by atoms with Crippen molar-refractivity contribution in [1.29, 1.82) is 0 Å². The Labute approximate surface area is 111 Å². The van der Waals surface area contributed by atoms with Gasteiger partial charge >= 0.3 is 0 Å². The van der Waals surface area contributed by atoms with Crippen LogP contribution in [0.15, 0.2) is 29.2 Å². The van der Waals surface area contributed by atoms with Crippen LogP contribution in [0.4, 0.5) is 0 Å². The third-order valence-electron chi connectivity index (χ3n) is 3.21. The Morgan fingerprint density at radius 1 is 1.44 bits per heavy atom. The zero-order chi connectivity index (χ0) is 13.1. The number of hydrogen-bond donors (Lipinski definition) is 1. The van der Waals surface area contributed by atoms with Crippen molar-refractivity contribution in [3.8, 4) is 0 Å². The molecule has 0 spiro atoms. The van der Waals surface area contributed by atoms with Crippen LogP contribution in [-0.2, 0) is 9.59 Å². The van der Waals surface area contributed by atoms with E-state index in [4.69, 9.17) is 0 Å². The molecule has 1 N–H and O–H groups in total. The van der Waals surface area contributed by atoms with Gasteiger partial charge in [-0.05, 0) is 18.6 Å². The molecule has 96 valence electrons. The van der Waals surface area contributed by atoms with Gasteiger partial charge in [0.1, 0.15) is 0 Å². The highest BCUT2D eigenvalue weighted by atomic mass is 32.2. The Balaban J connectivity index is 2.06. The van der Waals surface area contributed by atoms with Crippen LogP contribution in [0.5, 0.6) is 0 Å². The molecule has 2 unspecified atom stereocenters. The smallest absolute Gasteiger partial charge is 0.229 e. The number of amides is 1. The number of benzene rings is 1. The maximum Gasteiger partial charge on any atom is 0.229 e. The molecule has 1 heterocycles. The molecule has 1 amide bonds. The highest BCUT2D eigenvalue weighted by molar-refractivity contribution is 7.99. The molecule has 4 heteroatoms. The van der Waals surface area contributed by atoms with Crippen LogP contribution in [0.3, 0.4) is 0 Å². The molecule has 0 saturated heterocycles. The van der Waals surface area contributed by atoms with E-state index in [-0.39, 0.29) is 23.7 Å². The Kier molecular flexibility index (Phi) is 4.07. The number of thioether (sulfide) groups is 1. The lowest BCUT2D eigenvalue weighted by atomic mass is 10.00. The van der Waals surface area contributed by atoms with Gasteiger partial charge in [0.2, 0.25) is 5.91 Å². The number of ketones is 1. The van der Waals surface area contributed by atoms with E-state index in [1.165, 1.54) is 4.90 Å². The Hall–Kier alpha value is -1.29. The molecule has 0 aliphatic carbocycles. The molecule has 0 aromatic heterocycles. The van der Waals surface area contributed by atoms with Crippen molar-refractivity contribution < 1.29 is 9.59 Å². The van der Waals surface area contributed by atoms with Gasteiger partial charge in [0.25, 0.3) is 0 Å². The molecular formula is C14H17NO2S. The maximum absolute atomic E-state index is 12.2. The second kappa shape index (κ2) is 5.57. The topological polar surface area (TPSA) is 46.2 Å². The average Bonchev–Trinajstić information content (AvgIpc) is 2.81. The molecule has 0 fully saturated rings. The van der Waals surface area contributed by atoms with Crippen molar-refractivity contribution >= 4 is 23.5 Å². The molecule has 0 bridgehead atoms. The summed E-state index contributed by atoms with van der Waals surface area (Å²) in [6, 6.07) is 7.57. The maximum atomic E-state index is 12.2. The first-order chi connectivity index (χ1) is 8.63. The summed E-state index contributed by atoms with van der Waals surface area (Å²) in [6.45, 7) is 3.56. The predicted octanol–water partition coefficient (Wildman–Crippen LogP) is 2.36. The zero-order valence-corrected chi connectivity index (χ0v) is 11.4. The van der Waals surface area contributed by atoms with E-state index >= 15 is 0 Å². The molecule has 18 heavy (non-hydrogen) atoms. The molecule has 0 saturated carbocycles. The summed E-state index contributed by atoms with van der Waals surface area (Å²) in [5, 5.41) is 2.81. The predicted molar refractivity (Wildman–Crippen MR) is 72.8 cm³/mol. The summed E-state index contributed by atoms with van der Waals surface area (Å²) in [4.78, 5) is 24.8. The van der Waals surface area contributed by atoms with Gasteiger partial charge in [0.05, 0.1) is 12.0 Å². The number of Topliss-reactive ketones (excluding diaryl/α,β-unsaturated/α-hetero) is 1. The van der Waals surface area contributed by atoms with Crippen molar-refractivity contribution in [3.05, 3.63) is 29.8 Å². The Morgan fingerprint density at radius 3 is 2.89 bits per heavy atom. The number of hydrogen-bond acceptors (Lipinski definition) is 3. The monoisotopic (exact) mass is 263 g/mol. The molecule has 1 aliphatic heterocycles. The standard InChI is InChI=1S/C14H17NO2S/c1-3-12(16)9(2)15-14(17)11-8-18-13-7-5-4-6-10(11)13/h4-7,9,11H,3,8H2,1-2H3,(H,15,17). The Morgan fingerprint density at radius 2 is 2.17 bits per heavy atom. The van der Waals surface area contributed by atoms with Crippen LogP contribution in [0.2, 0.25) is 0 Å². The number of rotatable bonds is 4. The first-order valence-corrected chi connectivity index (χ1v) is 7.16. The van der Waals surface area contributed by atoms with Crippen LogP contribution in [0, 0.1) is 0 Å². The molecule has 1 aromatic rings. The highest BCUT2D eigenvalue weighted by Gasteiger charge is 2.30. The van der Waals surface area contributed by atoms with Crippen LogP contribution >= 0.6 is 11.8 Å². The minimum Gasteiger partial charge on any atom is -0.346 e. The fraction of sp³-hybridized carbons (Fsp3) is 0.429. The fourth-order valence-electron chi connectivity index (χ4n) is 2.08. The van der Waals surface area contributed by atoms with E-state index in [0.29, 0.717) is 6.42 Å². The molecule has 3 nitrogen and oxygen atoms in total. The Bertz CT molecular complexity index is 473. The van der Waals surface area contributed by atoms with Crippen molar-refractivity contribution in [2.24, 2.45) is 0 Å². The minimum atomic E-state index is -0.389. The van der Waals surface area contributed by atoms with Crippen LogP contribution in [-0.4, -0.2) is 23.5 Å². The number of carbonyl (C=O) groups excluding carboxylic acids is 2. The van der Waals surface area contributed by atoms with Crippen LogP contribution in [0.1, 0.15) is 31.7 Å². The summed E-state index contributed by atoms with van der Waals surface area (Å²) in [7, 11) is 0. The number of carbonyl (C=O) groups is 2. The fourth-order valence-corrected chi connectivity index (χ4v) is 3.31. The van der Waals surface area contributed by atoms with Gasteiger partial charge in [0.15, 0.2) is 5.78 Å². The molecular weight excluding hydrogens is 246 g/mol. The van der Waals surface area contributed by atoms with Crippen molar-refractivity contribution in [3.63, 3.8) is 0 Å². The second-order valence-electron chi connectivity index (χ2n) is 4.45. The summed E-state index contributed by atoms with van der Waals surface area (Å²) in [6.07, 6.45) is 0.456. The van der Waals surface area contributed by atoms with Crippen LogP contribution < -0.4 is 5.32 Å². The summed E-state index contributed by atoms with van der Waals surface area (Å²) >= 11 is 1.70. The molecule has 2 rings (SSSR count). The summed E-state index contributed by atoms with van der Waals surface area (Å²) in [5.41, 5.74) is 1.08. The SMILES string of the molecule is CCC(=O)C(C)NC(=O)C1CSc2ccccc21. The number of fused-ring (bicyclic) bond motifs is 1. The van der Waals surface area contributed by atoms with Gasteiger partial charge in [0, 0.05) is 17.1 Å². The van der Waals surface area contributed by atoms with E-state index in [1.807, 2.05) is 31.2 Å². The lowest BCUT2D eigenvalue weighted by molar-refractivity contribution is -0.127. The van der Waals surface area contributed by atoms with Crippen molar-refractivity contribution in [2.75, 3.05) is 5.75 Å². The van der Waals surface area contributed by atoms with Gasteiger partial charge < -0.3 is 5.32 Å². The second-order valence-corrected chi connectivity index (χ2v) is 5.51. The van der Waals surface area contributed by atoms with E-state index < -0.39 is 0 Å². The van der Waals surface area contributed by atoms with Gasteiger partial charge in [-0.25, -0.2) is 0 Å². The third kappa shape index (κ3) is 2.58. The molecule has 1 aromatic carbocycles. The van der Waals surface area contributed by atoms with Gasteiger partial charge in [-0.3, -0.25) is 9.59 Å². The largest absolute Gasteiger partial charge is 0.346 e.